The number of esters is 1. The molecule has 0 radical (unpaired) electrons. The van der Waals surface area contributed by atoms with Gasteiger partial charge in [0.1, 0.15) is 0 Å². The van der Waals surface area contributed by atoms with Gasteiger partial charge < -0.3 is 14.2 Å². The van der Waals surface area contributed by atoms with Crippen LogP contribution in [0.4, 0.5) is 4.20 Å². The number of ether oxygens (including phenoxy) is 1. The van der Waals surface area contributed by atoms with Crippen LogP contribution in [0.2, 0.25) is 0 Å². The minimum Gasteiger partial charge on any atom is -0.466 e. The lowest BCUT2D eigenvalue weighted by Crippen LogP contribution is -2.35. The predicted octanol–water partition coefficient (Wildman–Crippen LogP) is 4.28. The lowest BCUT2D eigenvalue weighted by atomic mass is 9.76. The van der Waals surface area contributed by atoms with Crippen molar-refractivity contribution in [2.45, 2.75) is 46.0 Å². The summed E-state index contributed by atoms with van der Waals surface area (Å²) in [4.78, 5) is 40.5. The van der Waals surface area contributed by atoms with Crippen LogP contribution in [0.5, 0.6) is 0 Å². The largest absolute Gasteiger partial charge is 0.466 e. The summed E-state index contributed by atoms with van der Waals surface area (Å²) in [5, 5.41) is 13.0. The van der Waals surface area contributed by atoms with E-state index in [1.54, 1.807) is 36.9 Å². The first-order chi connectivity index (χ1) is 14.5. The van der Waals surface area contributed by atoms with E-state index in [0.29, 0.717) is 6.42 Å². The highest BCUT2D eigenvalue weighted by Crippen LogP contribution is 2.48. The lowest BCUT2D eigenvalue weighted by molar-refractivity contribution is -0.144. The summed E-state index contributed by atoms with van der Waals surface area (Å²) < 4.78 is 22.6. The first kappa shape index (κ1) is 29.0. The Morgan fingerprint density at radius 2 is 2.06 bits per heavy atom. The van der Waals surface area contributed by atoms with Gasteiger partial charge in [-0.1, -0.05) is 12.0 Å². The van der Waals surface area contributed by atoms with Crippen molar-refractivity contribution in [2.24, 2.45) is 22.4 Å². The monoisotopic (exact) mass is 477 g/mol. The summed E-state index contributed by atoms with van der Waals surface area (Å²) in [6.07, 6.45) is 0.746. The molecule has 0 fully saturated rings. The first-order valence-electron chi connectivity index (χ1n) is 9.67. The number of carbonyl (C=O) groups excluding carboxylic acids is 3. The minimum atomic E-state index is -2.43. The molecular formula is C18H30FN5O5P2. The van der Waals surface area contributed by atoms with Crippen LogP contribution < -0.4 is 0 Å². The number of hydrogen-bond acceptors (Lipinski definition) is 7. The molecule has 0 saturated carbocycles. The molecule has 5 atom stereocenters. The fourth-order valence-electron chi connectivity index (χ4n) is 2.90. The quantitative estimate of drug-likeness (QED) is 0.0912. The second kappa shape index (κ2) is 14.9. The number of nitriles is 1. The maximum atomic E-state index is 13.0. The Labute approximate surface area is 185 Å². The van der Waals surface area contributed by atoms with Gasteiger partial charge in [-0.25, -0.2) is 0 Å². The predicted molar refractivity (Wildman–Crippen MR) is 117 cm³/mol. The minimum absolute atomic E-state index is 0.0226. The van der Waals surface area contributed by atoms with Crippen molar-refractivity contribution in [3.05, 3.63) is 10.4 Å². The molecule has 0 aromatic heterocycles. The number of azide groups is 1. The van der Waals surface area contributed by atoms with E-state index in [-0.39, 0.29) is 44.7 Å². The average molecular weight is 477 g/mol. The second-order valence-electron chi connectivity index (χ2n) is 7.65. The number of amides is 1. The second-order valence-corrected chi connectivity index (χ2v) is 9.60. The molecule has 0 saturated heterocycles. The van der Waals surface area contributed by atoms with E-state index in [1.807, 2.05) is 0 Å². The van der Waals surface area contributed by atoms with Gasteiger partial charge in [0.15, 0.2) is 0 Å². The highest BCUT2D eigenvalue weighted by atomic mass is 32.0. The molecule has 0 aromatic carbocycles. The Balaban J connectivity index is 5.03. The van der Waals surface area contributed by atoms with Gasteiger partial charge in [-0.05, 0) is 47.1 Å². The normalized spacial score (nSPS) is 15.3. The molecule has 174 valence electrons. The van der Waals surface area contributed by atoms with Crippen LogP contribution in [-0.4, -0.2) is 50.0 Å². The smallest absolute Gasteiger partial charge is 0.313 e. The zero-order valence-electron chi connectivity index (χ0n) is 18.3. The molecule has 0 rings (SSSR count). The van der Waals surface area contributed by atoms with E-state index < -0.39 is 37.3 Å². The highest BCUT2D eigenvalue weighted by molar-refractivity contribution is 8.08. The standard InChI is InChI=1S/C18H30FN5O5P2/c1-13(17(27)29-31(19)30)10-14(16(26)24(3)4)11-18(2,12-20)7-6-15(25)28-9-5-8-22-23-21/h13-14H,5-11,30H2,1-4H3. The van der Waals surface area contributed by atoms with Crippen LogP contribution in [-0.2, 0) is 23.6 Å². The van der Waals surface area contributed by atoms with Gasteiger partial charge >= 0.3 is 11.9 Å². The maximum absolute atomic E-state index is 13.0. The SMILES string of the molecule is CC(CC(CC(C)(C#N)CCC(=O)OCCCN=[N+]=[N-])C(=O)N(C)C)C(=O)OP(F)P. The zero-order chi connectivity index (χ0) is 24.0. The molecule has 13 heteroatoms. The molecule has 0 aliphatic carbocycles. The molecule has 0 aliphatic rings. The molecule has 0 aliphatic heterocycles. The van der Waals surface area contributed by atoms with E-state index in [9.17, 15) is 23.8 Å². The molecule has 0 bridgehead atoms. The summed E-state index contributed by atoms with van der Waals surface area (Å²) in [6.45, 7) is 3.51. The molecule has 31 heavy (non-hydrogen) atoms. The van der Waals surface area contributed by atoms with Gasteiger partial charge in [0.25, 0.3) is 8.15 Å². The summed E-state index contributed by atoms with van der Waals surface area (Å²) >= 11 is 0. The lowest BCUT2D eigenvalue weighted by Gasteiger charge is -2.29. The Hall–Kier alpha value is -2.00. The van der Waals surface area contributed by atoms with Crippen molar-refractivity contribution in [3.8, 4) is 6.07 Å². The van der Waals surface area contributed by atoms with Crippen molar-refractivity contribution in [1.82, 2.24) is 4.90 Å². The number of nitrogens with zero attached hydrogens (tertiary/aromatic N) is 5. The van der Waals surface area contributed by atoms with Crippen LogP contribution in [0.25, 0.3) is 10.4 Å². The molecule has 0 aromatic rings. The third-order valence-corrected chi connectivity index (χ3v) is 5.25. The summed E-state index contributed by atoms with van der Waals surface area (Å²) in [7, 11) is 2.48. The number of halogens is 1. The van der Waals surface area contributed by atoms with Gasteiger partial charge in [0, 0.05) is 37.9 Å². The Morgan fingerprint density at radius 1 is 1.42 bits per heavy atom. The molecule has 0 N–H and O–H groups in total. The zero-order valence-corrected chi connectivity index (χ0v) is 20.3. The fraction of sp³-hybridized carbons (Fsp3) is 0.778. The van der Waals surface area contributed by atoms with Crippen molar-refractivity contribution >= 4 is 34.9 Å². The van der Waals surface area contributed by atoms with Crippen molar-refractivity contribution in [3.63, 3.8) is 0 Å². The van der Waals surface area contributed by atoms with Crippen molar-refractivity contribution in [1.29, 1.82) is 5.26 Å². The Morgan fingerprint density at radius 3 is 2.58 bits per heavy atom. The van der Waals surface area contributed by atoms with Gasteiger partial charge in [0.05, 0.1) is 24.0 Å². The summed E-state index contributed by atoms with van der Waals surface area (Å²) in [6, 6.07) is 2.17. The first-order valence-corrected chi connectivity index (χ1v) is 12.4. The maximum Gasteiger partial charge on any atom is 0.313 e. The molecule has 5 unspecified atom stereocenters. The fourth-order valence-corrected chi connectivity index (χ4v) is 3.56. The topological polar surface area (TPSA) is 145 Å². The highest BCUT2D eigenvalue weighted by Gasteiger charge is 2.35. The van der Waals surface area contributed by atoms with E-state index in [4.69, 9.17) is 10.3 Å². The third kappa shape index (κ3) is 12.4. The Kier molecular flexibility index (Phi) is 13.9. The molecule has 1 amide bonds. The molecular weight excluding hydrogens is 447 g/mol. The van der Waals surface area contributed by atoms with Gasteiger partial charge in [-0.2, -0.15) is 9.46 Å². The van der Waals surface area contributed by atoms with Crippen LogP contribution in [0, 0.1) is 28.6 Å². The third-order valence-electron chi connectivity index (χ3n) is 4.58. The van der Waals surface area contributed by atoms with Crippen LogP contribution in [0.3, 0.4) is 0 Å². The van der Waals surface area contributed by atoms with E-state index in [1.165, 1.54) is 4.90 Å². The van der Waals surface area contributed by atoms with Crippen LogP contribution in [0.1, 0.15) is 46.0 Å². The van der Waals surface area contributed by atoms with E-state index in [0.717, 1.165) is 0 Å². The van der Waals surface area contributed by atoms with Crippen LogP contribution in [0.15, 0.2) is 5.11 Å². The molecule has 0 spiro atoms. The van der Waals surface area contributed by atoms with Crippen molar-refractivity contribution < 1.29 is 27.8 Å². The number of hydrogen-bond donors (Lipinski definition) is 0. The summed E-state index contributed by atoms with van der Waals surface area (Å²) in [5.41, 5.74) is 7.18. The van der Waals surface area contributed by atoms with Crippen LogP contribution >= 0.6 is 17.1 Å². The number of rotatable bonds is 14. The Bertz CT molecular complexity index is 712. The molecule has 10 nitrogen and oxygen atoms in total. The van der Waals surface area contributed by atoms with Gasteiger partial charge in [-0.3, -0.25) is 14.4 Å². The van der Waals surface area contributed by atoms with E-state index >= 15 is 0 Å². The molecule has 0 heterocycles. The van der Waals surface area contributed by atoms with Crippen molar-refractivity contribution in [2.75, 3.05) is 27.2 Å². The average Bonchev–Trinajstić information content (AvgIpc) is 2.70. The van der Waals surface area contributed by atoms with Gasteiger partial charge in [-0.15, -0.1) is 0 Å². The number of carbonyl (C=O) groups is 3. The van der Waals surface area contributed by atoms with Gasteiger partial charge in [0.2, 0.25) is 5.91 Å². The summed E-state index contributed by atoms with van der Waals surface area (Å²) in [5.74, 6) is -2.93. The van der Waals surface area contributed by atoms with E-state index in [2.05, 4.69) is 20.6 Å².